The van der Waals surface area contributed by atoms with E-state index in [1.54, 1.807) is 36.4 Å². The van der Waals surface area contributed by atoms with E-state index in [1.807, 2.05) is 56.4 Å². The van der Waals surface area contributed by atoms with Gasteiger partial charge in [-0.15, -0.1) is 0 Å². The van der Waals surface area contributed by atoms with Gasteiger partial charge >= 0.3 is 219 Å². The van der Waals surface area contributed by atoms with Crippen LogP contribution in [0.5, 0.6) is 5.75 Å². The summed E-state index contributed by atoms with van der Waals surface area (Å²) >= 11 is -1.74. The number of aromatic carboxylic acids is 1. The third-order valence-corrected chi connectivity index (χ3v) is 19.8. The molecule has 0 bridgehead atoms. The molecule has 1 saturated heterocycles. The maximum atomic E-state index is 13.2. The summed E-state index contributed by atoms with van der Waals surface area (Å²) in [5, 5.41) is 21.7. The van der Waals surface area contributed by atoms with Gasteiger partial charge in [0.2, 0.25) is 0 Å². The van der Waals surface area contributed by atoms with Crippen molar-refractivity contribution in [1.82, 2.24) is 0 Å². The fourth-order valence-corrected chi connectivity index (χ4v) is 19.4. The van der Waals surface area contributed by atoms with Crippen LogP contribution in [0.3, 0.4) is 0 Å². The zero-order valence-corrected chi connectivity index (χ0v) is 22.3. The van der Waals surface area contributed by atoms with Gasteiger partial charge in [-0.1, -0.05) is 0 Å². The summed E-state index contributed by atoms with van der Waals surface area (Å²) in [6.07, 6.45) is 0. The first kappa shape index (κ1) is 23.3. The fraction of sp³-hybridized carbons (Fsp3) is 0.0714. The van der Waals surface area contributed by atoms with Crippen molar-refractivity contribution < 1.29 is 19.4 Å². The molecule has 0 amide bonds. The molecule has 178 valence electrons. The van der Waals surface area contributed by atoms with Crippen LogP contribution in [-0.2, 0) is 0 Å². The van der Waals surface area contributed by atoms with Crippen LogP contribution in [0.15, 0.2) is 88.1 Å². The molecule has 0 spiro atoms. The van der Waals surface area contributed by atoms with Crippen LogP contribution in [0, 0.1) is 0 Å². The number of benzene rings is 4. The van der Waals surface area contributed by atoms with Gasteiger partial charge in [0.1, 0.15) is 0 Å². The Morgan fingerprint density at radius 3 is 2.31 bits per heavy atom. The second-order valence-electron chi connectivity index (χ2n) is 8.24. The molecular weight excluding hydrogens is 555 g/mol. The normalized spacial score (nSPS) is 14.0. The molecule has 0 radical (unpaired) electrons. The fourth-order valence-electron chi connectivity index (χ4n) is 4.61. The van der Waals surface area contributed by atoms with Gasteiger partial charge in [0.05, 0.1) is 0 Å². The zero-order chi connectivity index (χ0) is 24.8. The van der Waals surface area contributed by atoms with E-state index in [0.29, 0.717) is 33.6 Å². The molecular formula is C28H19AsO5S2. The van der Waals surface area contributed by atoms with E-state index in [-0.39, 0.29) is 16.7 Å². The predicted molar refractivity (Wildman–Crippen MR) is 149 cm³/mol. The number of hydrogen-bond acceptors (Lipinski definition) is 6. The summed E-state index contributed by atoms with van der Waals surface area (Å²) in [6, 6.07) is 22.9. The Kier molecular flexibility index (Phi) is 6.08. The van der Waals surface area contributed by atoms with E-state index in [9.17, 15) is 19.8 Å². The molecule has 0 saturated carbocycles. The molecule has 1 fully saturated rings. The summed E-state index contributed by atoms with van der Waals surface area (Å²) in [5.41, 5.74) is 3.54. The molecule has 3 aromatic carbocycles. The van der Waals surface area contributed by atoms with E-state index in [0.717, 1.165) is 26.8 Å². The average molecular weight is 575 g/mol. The molecule has 2 N–H and O–H groups in total. The third-order valence-electron chi connectivity index (χ3n) is 6.14. The quantitative estimate of drug-likeness (QED) is 0.207. The number of phenolic OH excluding ortho intramolecular Hbond substituents is 1. The van der Waals surface area contributed by atoms with E-state index >= 15 is 0 Å². The summed E-state index contributed by atoms with van der Waals surface area (Å²) in [7, 11) is 3.75. The van der Waals surface area contributed by atoms with Gasteiger partial charge in [0.25, 0.3) is 0 Å². The molecule has 36 heavy (non-hydrogen) atoms. The van der Waals surface area contributed by atoms with Crippen molar-refractivity contribution in [2.75, 3.05) is 11.5 Å². The Labute approximate surface area is 217 Å². The third kappa shape index (κ3) is 3.83. The van der Waals surface area contributed by atoms with Crippen LogP contribution in [0.1, 0.15) is 10.4 Å². The SMILES string of the molecule is O=C(O)c1ccccc1-c1c2ccc(=O)c(-c3ccccc3)c-2oc2c([As]3SCCS3)c(O)ccc12. The van der Waals surface area contributed by atoms with Crippen molar-refractivity contribution >= 4 is 53.7 Å². The number of carbonyl (C=O) groups is 1. The summed E-state index contributed by atoms with van der Waals surface area (Å²) in [6.45, 7) is 0. The molecule has 3 aromatic rings. The van der Waals surface area contributed by atoms with Crippen molar-refractivity contribution in [3.63, 3.8) is 0 Å². The van der Waals surface area contributed by atoms with Gasteiger partial charge in [-0.25, -0.2) is 0 Å². The van der Waals surface area contributed by atoms with Crippen molar-refractivity contribution in [1.29, 1.82) is 0 Å². The van der Waals surface area contributed by atoms with Gasteiger partial charge < -0.3 is 0 Å². The van der Waals surface area contributed by atoms with Crippen molar-refractivity contribution in [2.45, 2.75) is 0 Å². The van der Waals surface area contributed by atoms with Gasteiger partial charge in [0.15, 0.2) is 0 Å². The topological polar surface area (TPSA) is 87.7 Å². The van der Waals surface area contributed by atoms with Crippen LogP contribution >= 0.6 is 20.0 Å². The summed E-state index contributed by atoms with van der Waals surface area (Å²) in [5.74, 6) is 1.58. The average Bonchev–Trinajstić information content (AvgIpc) is 3.42. The van der Waals surface area contributed by atoms with Crippen LogP contribution in [0.25, 0.3) is 44.5 Å². The monoisotopic (exact) mass is 574 g/mol. The predicted octanol–water partition coefficient (Wildman–Crippen LogP) is 5.81. The van der Waals surface area contributed by atoms with Crippen LogP contribution in [-0.4, -0.2) is 40.0 Å². The molecule has 0 unspecified atom stereocenters. The van der Waals surface area contributed by atoms with E-state index in [2.05, 4.69) is 0 Å². The Bertz CT molecular complexity index is 1660. The number of carboxylic acids is 1. The van der Waals surface area contributed by atoms with Crippen LogP contribution in [0.2, 0.25) is 0 Å². The van der Waals surface area contributed by atoms with Gasteiger partial charge in [-0.05, 0) is 0 Å². The number of hydrogen-bond donors (Lipinski definition) is 2. The zero-order valence-electron chi connectivity index (χ0n) is 18.8. The maximum absolute atomic E-state index is 13.2. The summed E-state index contributed by atoms with van der Waals surface area (Å²) in [4.78, 5) is 25.4. The van der Waals surface area contributed by atoms with E-state index in [4.69, 9.17) is 4.42 Å². The molecule has 1 aliphatic carbocycles. The minimum atomic E-state index is -1.74. The molecule has 0 aromatic heterocycles. The molecule has 6 rings (SSSR count). The van der Waals surface area contributed by atoms with Crippen molar-refractivity contribution in [2.24, 2.45) is 0 Å². The Morgan fingerprint density at radius 1 is 0.833 bits per heavy atom. The van der Waals surface area contributed by atoms with Gasteiger partial charge in [-0.3, -0.25) is 0 Å². The van der Waals surface area contributed by atoms with Crippen LogP contribution < -0.4 is 9.78 Å². The number of fused-ring (bicyclic) bond motifs is 2. The first-order valence-corrected chi connectivity index (χ1v) is 18.7. The Hall–Kier alpha value is -3.12. The minimum absolute atomic E-state index is 0.163. The second-order valence-corrected chi connectivity index (χ2v) is 19.8. The number of carboxylic acid groups (broad SMARTS) is 1. The molecule has 5 nitrogen and oxygen atoms in total. The van der Waals surface area contributed by atoms with E-state index in [1.165, 1.54) is 6.07 Å². The first-order chi connectivity index (χ1) is 17.5. The number of rotatable bonds is 4. The summed E-state index contributed by atoms with van der Waals surface area (Å²) < 4.78 is 7.41. The van der Waals surface area contributed by atoms with Gasteiger partial charge in [0, 0.05) is 0 Å². The number of phenols is 1. The Morgan fingerprint density at radius 2 is 1.56 bits per heavy atom. The standard InChI is InChI=1S/C28H19AsO5S2/c30-21-12-10-19-24(17-8-4-5-9-18(17)28(32)33)20-11-13-22(31)25(29-35-14-15-36-29)27(20)34-26(19)23(21)16-6-2-1-3-7-16/h1-13,31H,14-15H2,(H,32,33). The van der Waals surface area contributed by atoms with E-state index < -0.39 is 18.3 Å². The second kappa shape index (κ2) is 9.40. The first-order valence-electron chi connectivity index (χ1n) is 11.2. The Balaban J connectivity index is 1.81. The molecule has 0 atom stereocenters. The number of aromatic hydroxyl groups is 1. The van der Waals surface area contributed by atoms with Crippen LogP contribution in [0.4, 0.5) is 0 Å². The van der Waals surface area contributed by atoms with Crippen molar-refractivity contribution in [3.05, 3.63) is 94.6 Å². The van der Waals surface area contributed by atoms with Gasteiger partial charge in [-0.2, -0.15) is 0 Å². The molecule has 2 heterocycles. The molecule has 2 aliphatic heterocycles. The molecule has 8 heteroatoms. The van der Waals surface area contributed by atoms with Crippen molar-refractivity contribution in [3.8, 4) is 39.3 Å². The molecule has 3 aliphatic rings.